The van der Waals surface area contributed by atoms with Crippen LogP contribution in [0.2, 0.25) is 0 Å². The molecular weight excluding hydrogens is 156 g/mol. The highest BCUT2D eigenvalue weighted by molar-refractivity contribution is 5.94. The summed E-state index contributed by atoms with van der Waals surface area (Å²) < 4.78 is 4.50. The van der Waals surface area contributed by atoms with Crippen LogP contribution in [0.3, 0.4) is 0 Å². The maximum atomic E-state index is 10.9. The van der Waals surface area contributed by atoms with Gasteiger partial charge in [0, 0.05) is 5.69 Å². The maximum Gasteiger partial charge on any atom is 0.339 e. The number of ether oxygens (including phenoxy) is 1. The summed E-state index contributed by atoms with van der Waals surface area (Å²) in [6, 6.07) is 6.79. The molecule has 1 aromatic rings. The van der Waals surface area contributed by atoms with Gasteiger partial charge in [0.2, 0.25) is 0 Å². The van der Waals surface area contributed by atoms with Gasteiger partial charge in [-0.15, -0.1) is 0 Å². The quantitative estimate of drug-likeness (QED) is 0.487. The predicted octanol–water partition coefficient (Wildman–Crippen LogP) is 1.22. The normalized spacial score (nSPS) is 8.42. The summed E-state index contributed by atoms with van der Waals surface area (Å²) in [5.74, 6) is -0.400. The van der Waals surface area contributed by atoms with Gasteiger partial charge in [-0.2, -0.15) is 0 Å². The SMILES string of the molecule is COC(=O)c1ccccc1N.N. The van der Waals surface area contributed by atoms with Gasteiger partial charge >= 0.3 is 5.97 Å². The Bertz CT molecular complexity index is 274. The standard InChI is InChI=1S/C8H9NO2.H3N/c1-11-8(10)6-4-2-3-5-7(6)9;/h2-5H,9H2,1H3;1H3. The minimum atomic E-state index is -0.400. The van der Waals surface area contributed by atoms with Crippen molar-refractivity contribution in [1.29, 1.82) is 0 Å². The predicted molar refractivity (Wildman–Crippen MR) is 47.2 cm³/mol. The van der Waals surface area contributed by atoms with E-state index in [-0.39, 0.29) is 6.15 Å². The van der Waals surface area contributed by atoms with Crippen molar-refractivity contribution in [3.05, 3.63) is 29.8 Å². The first-order valence-electron chi connectivity index (χ1n) is 3.18. The lowest BCUT2D eigenvalue weighted by Crippen LogP contribution is -2.04. The molecule has 0 bridgehead atoms. The molecular formula is C8H12N2O2. The highest BCUT2D eigenvalue weighted by atomic mass is 16.5. The van der Waals surface area contributed by atoms with Gasteiger partial charge < -0.3 is 16.6 Å². The van der Waals surface area contributed by atoms with E-state index in [2.05, 4.69) is 4.74 Å². The topological polar surface area (TPSA) is 87.3 Å². The summed E-state index contributed by atoms with van der Waals surface area (Å²) >= 11 is 0. The zero-order valence-corrected chi connectivity index (χ0v) is 6.91. The summed E-state index contributed by atoms with van der Waals surface area (Å²) in [7, 11) is 1.33. The number of carbonyl (C=O) groups excluding carboxylic acids is 1. The number of para-hydroxylation sites is 1. The summed E-state index contributed by atoms with van der Waals surface area (Å²) in [6.45, 7) is 0. The molecule has 4 nitrogen and oxygen atoms in total. The number of methoxy groups -OCH3 is 1. The van der Waals surface area contributed by atoms with E-state index in [1.165, 1.54) is 7.11 Å². The van der Waals surface area contributed by atoms with Crippen molar-refractivity contribution < 1.29 is 9.53 Å². The third-order valence-corrected chi connectivity index (χ3v) is 1.37. The van der Waals surface area contributed by atoms with Crippen molar-refractivity contribution in [3.8, 4) is 0 Å². The molecule has 0 atom stereocenters. The number of nitrogen functional groups attached to an aromatic ring is 1. The molecule has 1 aromatic carbocycles. The van der Waals surface area contributed by atoms with E-state index in [4.69, 9.17) is 5.73 Å². The van der Waals surface area contributed by atoms with E-state index < -0.39 is 5.97 Å². The lowest BCUT2D eigenvalue weighted by molar-refractivity contribution is 0.0602. The molecule has 0 aliphatic carbocycles. The van der Waals surface area contributed by atoms with Gasteiger partial charge in [0.05, 0.1) is 12.7 Å². The maximum absolute atomic E-state index is 10.9. The highest BCUT2D eigenvalue weighted by Crippen LogP contribution is 2.10. The van der Waals surface area contributed by atoms with Crippen LogP contribution in [0.4, 0.5) is 5.69 Å². The van der Waals surface area contributed by atoms with Gasteiger partial charge in [-0.3, -0.25) is 0 Å². The molecule has 0 aliphatic heterocycles. The minimum absolute atomic E-state index is 0. The minimum Gasteiger partial charge on any atom is -0.465 e. The number of hydrogen-bond donors (Lipinski definition) is 2. The molecule has 5 N–H and O–H groups in total. The summed E-state index contributed by atoms with van der Waals surface area (Å²) in [5.41, 5.74) is 6.35. The number of carbonyl (C=O) groups is 1. The lowest BCUT2D eigenvalue weighted by atomic mass is 10.2. The molecule has 0 heterocycles. The molecule has 0 saturated heterocycles. The van der Waals surface area contributed by atoms with E-state index in [0.717, 1.165) is 0 Å². The molecule has 0 amide bonds. The van der Waals surface area contributed by atoms with Gasteiger partial charge in [-0.25, -0.2) is 4.79 Å². The Morgan fingerprint density at radius 3 is 2.50 bits per heavy atom. The van der Waals surface area contributed by atoms with E-state index in [9.17, 15) is 4.79 Å². The zero-order valence-electron chi connectivity index (χ0n) is 6.91. The second-order valence-corrected chi connectivity index (χ2v) is 2.08. The Balaban J connectivity index is 0.00000121. The summed E-state index contributed by atoms with van der Waals surface area (Å²) in [6.07, 6.45) is 0. The molecule has 4 heteroatoms. The van der Waals surface area contributed by atoms with Crippen LogP contribution in [0.5, 0.6) is 0 Å². The Kier molecular flexibility index (Phi) is 3.79. The fourth-order valence-corrected chi connectivity index (χ4v) is 0.793. The fraction of sp³-hybridized carbons (Fsp3) is 0.125. The highest BCUT2D eigenvalue weighted by Gasteiger charge is 2.06. The van der Waals surface area contributed by atoms with Crippen LogP contribution in [-0.2, 0) is 4.74 Å². The van der Waals surface area contributed by atoms with Crippen LogP contribution in [0, 0.1) is 0 Å². The number of anilines is 1. The van der Waals surface area contributed by atoms with E-state index in [1.807, 2.05) is 0 Å². The van der Waals surface area contributed by atoms with E-state index in [0.29, 0.717) is 11.3 Å². The second kappa shape index (κ2) is 4.35. The fourth-order valence-electron chi connectivity index (χ4n) is 0.793. The Hall–Kier alpha value is -1.55. The van der Waals surface area contributed by atoms with Crippen molar-refractivity contribution in [2.45, 2.75) is 0 Å². The zero-order chi connectivity index (χ0) is 8.27. The number of hydrogen-bond acceptors (Lipinski definition) is 4. The van der Waals surface area contributed by atoms with E-state index >= 15 is 0 Å². The van der Waals surface area contributed by atoms with Crippen molar-refractivity contribution in [3.63, 3.8) is 0 Å². The van der Waals surface area contributed by atoms with Crippen LogP contribution in [0.1, 0.15) is 10.4 Å². The molecule has 0 saturated carbocycles. The van der Waals surface area contributed by atoms with Gasteiger partial charge in [0.1, 0.15) is 0 Å². The Labute approximate surface area is 70.9 Å². The molecule has 1 rings (SSSR count). The van der Waals surface area contributed by atoms with Crippen molar-refractivity contribution in [1.82, 2.24) is 6.15 Å². The van der Waals surface area contributed by atoms with Gasteiger partial charge in [-0.05, 0) is 12.1 Å². The average molecular weight is 168 g/mol. The molecule has 12 heavy (non-hydrogen) atoms. The molecule has 0 unspecified atom stereocenters. The second-order valence-electron chi connectivity index (χ2n) is 2.08. The van der Waals surface area contributed by atoms with Crippen molar-refractivity contribution in [2.24, 2.45) is 0 Å². The van der Waals surface area contributed by atoms with Crippen LogP contribution in [0.25, 0.3) is 0 Å². The number of rotatable bonds is 1. The molecule has 0 fully saturated rings. The third kappa shape index (κ3) is 1.96. The van der Waals surface area contributed by atoms with E-state index in [1.54, 1.807) is 24.3 Å². The van der Waals surface area contributed by atoms with Crippen LogP contribution >= 0.6 is 0 Å². The summed E-state index contributed by atoms with van der Waals surface area (Å²) in [4.78, 5) is 10.9. The van der Waals surface area contributed by atoms with Gasteiger partial charge in [-0.1, -0.05) is 12.1 Å². The first-order valence-corrected chi connectivity index (χ1v) is 3.18. The molecule has 0 aliphatic rings. The monoisotopic (exact) mass is 168 g/mol. The van der Waals surface area contributed by atoms with Crippen molar-refractivity contribution >= 4 is 11.7 Å². The largest absolute Gasteiger partial charge is 0.465 e. The Morgan fingerprint density at radius 2 is 2.00 bits per heavy atom. The molecule has 0 aromatic heterocycles. The summed E-state index contributed by atoms with van der Waals surface area (Å²) in [5, 5.41) is 0. The van der Waals surface area contributed by atoms with Crippen molar-refractivity contribution in [2.75, 3.05) is 12.8 Å². The number of nitrogens with two attached hydrogens (primary N) is 1. The molecule has 0 spiro atoms. The molecule has 0 radical (unpaired) electrons. The lowest BCUT2D eigenvalue weighted by Gasteiger charge is -2.00. The first-order chi connectivity index (χ1) is 5.25. The third-order valence-electron chi connectivity index (χ3n) is 1.37. The first kappa shape index (κ1) is 10.4. The smallest absolute Gasteiger partial charge is 0.339 e. The average Bonchev–Trinajstić information content (AvgIpc) is 2.04. The Morgan fingerprint density at radius 1 is 1.42 bits per heavy atom. The number of benzene rings is 1. The molecule has 66 valence electrons. The van der Waals surface area contributed by atoms with Crippen LogP contribution in [-0.4, -0.2) is 13.1 Å². The van der Waals surface area contributed by atoms with Crippen LogP contribution < -0.4 is 11.9 Å². The number of esters is 1. The van der Waals surface area contributed by atoms with Gasteiger partial charge in [0.15, 0.2) is 0 Å². The van der Waals surface area contributed by atoms with Gasteiger partial charge in [0.25, 0.3) is 0 Å². The van der Waals surface area contributed by atoms with Crippen LogP contribution in [0.15, 0.2) is 24.3 Å².